The lowest BCUT2D eigenvalue weighted by atomic mass is 10.1. The summed E-state index contributed by atoms with van der Waals surface area (Å²) in [6.07, 6.45) is 7.42. The van der Waals surface area contributed by atoms with Gasteiger partial charge in [-0.1, -0.05) is 51.2 Å². The smallest absolute Gasteiger partial charge is 0.307 e. The summed E-state index contributed by atoms with van der Waals surface area (Å²) in [7, 11) is 0. The van der Waals surface area contributed by atoms with Crippen molar-refractivity contribution in [3.63, 3.8) is 0 Å². The number of nitrogens with one attached hydrogen (secondary N) is 1. The number of unbranched alkanes of at least 4 members (excludes halogenated alkanes) is 5. The molecule has 0 radical (unpaired) electrons. The number of carboxylic acid groups (broad SMARTS) is 1. The van der Waals surface area contributed by atoms with Crippen LogP contribution < -0.4 is 5.32 Å². The quantitative estimate of drug-likeness (QED) is 0.640. The average Bonchev–Trinajstić information content (AvgIpc) is 2.42. The second-order valence-electron chi connectivity index (χ2n) is 5.34. The molecule has 0 saturated heterocycles. The van der Waals surface area contributed by atoms with E-state index in [1.54, 1.807) is 24.3 Å². The Kier molecular flexibility index (Phi) is 8.17. The molecular formula is C17H25NO3. The Morgan fingerprint density at radius 1 is 1.10 bits per heavy atom. The lowest BCUT2D eigenvalue weighted by Gasteiger charge is -2.07. The Labute approximate surface area is 126 Å². The summed E-state index contributed by atoms with van der Waals surface area (Å²) in [4.78, 5) is 22.5. The Bertz CT molecular complexity index is 457. The summed E-state index contributed by atoms with van der Waals surface area (Å²) < 4.78 is 0. The first-order valence-corrected chi connectivity index (χ1v) is 7.72. The standard InChI is InChI=1S/C17H25NO3/c1-2-3-4-5-6-7-11-16(19)18-15-10-8-9-14(12-15)13-17(20)21/h8-10,12H,2-7,11,13H2,1H3,(H,18,19)(H,20,21). The number of hydrogen-bond acceptors (Lipinski definition) is 2. The van der Waals surface area contributed by atoms with E-state index in [1.165, 1.54) is 25.7 Å². The van der Waals surface area contributed by atoms with Crippen LogP contribution in [-0.4, -0.2) is 17.0 Å². The van der Waals surface area contributed by atoms with Crippen molar-refractivity contribution >= 4 is 17.6 Å². The molecule has 116 valence electrons. The minimum Gasteiger partial charge on any atom is -0.481 e. The average molecular weight is 291 g/mol. The molecule has 0 aliphatic rings. The Morgan fingerprint density at radius 3 is 2.52 bits per heavy atom. The maximum atomic E-state index is 11.8. The molecule has 0 unspecified atom stereocenters. The summed E-state index contributed by atoms with van der Waals surface area (Å²) >= 11 is 0. The van der Waals surface area contributed by atoms with Crippen LogP contribution >= 0.6 is 0 Å². The number of carbonyl (C=O) groups excluding carboxylic acids is 1. The van der Waals surface area contributed by atoms with E-state index in [-0.39, 0.29) is 12.3 Å². The molecule has 1 rings (SSSR count). The van der Waals surface area contributed by atoms with Gasteiger partial charge in [-0.15, -0.1) is 0 Å². The summed E-state index contributed by atoms with van der Waals surface area (Å²) in [6.45, 7) is 2.19. The fourth-order valence-electron chi connectivity index (χ4n) is 2.22. The van der Waals surface area contributed by atoms with Gasteiger partial charge in [0.15, 0.2) is 0 Å². The molecule has 0 aliphatic carbocycles. The van der Waals surface area contributed by atoms with Gasteiger partial charge in [0.05, 0.1) is 6.42 Å². The van der Waals surface area contributed by atoms with Crippen LogP contribution in [0.25, 0.3) is 0 Å². The van der Waals surface area contributed by atoms with Gasteiger partial charge in [0, 0.05) is 12.1 Å². The van der Waals surface area contributed by atoms with Crippen molar-refractivity contribution in [3.05, 3.63) is 29.8 Å². The van der Waals surface area contributed by atoms with Gasteiger partial charge in [-0.2, -0.15) is 0 Å². The predicted molar refractivity (Wildman–Crippen MR) is 84.4 cm³/mol. The van der Waals surface area contributed by atoms with Crippen LogP contribution in [0.1, 0.15) is 57.4 Å². The molecule has 0 spiro atoms. The van der Waals surface area contributed by atoms with Crippen molar-refractivity contribution in [1.82, 2.24) is 0 Å². The molecule has 0 saturated carbocycles. The molecule has 4 heteroatoms. The molecule has 21 heavy (non-hydrogen) atoms. The zero-order valence-corrected chi connectivity index (χ0v) is 12.7. The molecule has 0 aliphatic heterocycles. The first-order valence-electron chi connectivity index (χ1n) is 7.72. The minimum atomic E-state index is -0.870. The van der Waals surface area contributed by atoms with E-state index in [9.17, 15) is 9.59 Å². The second kappa shape index (κ2) is 9.97. The number of carbonyl (C=O) groups is 2. The van der Waals surface area contributed by atoms with E-state index in [0.29, 0.717) is 17.7 Å². The lowest BCUT2D eigenvalue weighted by Crippen LogP contribution is -2.11. The number of aliphatic carboxylic acids is 1. The fraction of sp³-hybridized carbons (Fsp3) is 0.529. The largest absolute Gasteiger partial charge is 0.481 e. The Morgan fingerprint density at radius 2 is 1.81 bits per heavy atom. The first kappa shape index (κ1) is 17.2. The third kappa shape index (κ3) is 8.12. The highest BCUT2D eigenvalue weighted by molar-refractivity contribution is 5.90. The summed E-state index contributed by atoms with van der Waals surface area (Å²) in [5, 5.41) is 11.6. The Balaban J connectivity index is 2.29. The maximum Gasteiger partial charge on any atom is 0.307 e. The summed E-state index contributed by atoms with van der Waals surface area (Å²) in [5.74, 6) is -0.872. The van der Waals surface area contributed by atoms with Crippen LogP contribution in [0, 0.1) is 0 Å². The third-order valence-electron chi connectivity index (χ3n) is 3.32. The molecular weight excluding hydrogens is 266 g/mol. The molecule has 1 amide bonds. The van der Waals surface area contributed by atoms with Crippen molar-refractivity contribution < 1.29 is 14.7 Å². The molecule has 2 N–H and O–H groups in total. The van der Waals surface area contributed by atoms with E-state index in [4.69, 9.17) is 5.11 Å². The Hall–Kier alpha value is -1.84. The van der Waals surface area contributed by atoms with E-state index >= 15 is 0 Å². The predicted octanol–water partition coefficient (Wildman–Crippen LogP) is 4.00. The molecule has 0 fully saturated rings. The molecule has 1 aromatic carbocycles. The van der Waals surface area contributed by atoms with Gasteiger partial charge in [-0.25, -0.2) is 0 Å². The van der Waals surface area contributed by atoms with E-state index in [2.05, 4.69) is 12.2 Å². The van der Waals surface area contributed by atoms with E-state index in [0.717, 1.165) is 12.8 Å². The SMILES string of the molecule is CCCCCCCCC(=O)Nc1cccc(CC(=O)O)c1. The van der Waals surface area contributed by atoms with Gasteiger partial charge in [-0.05, 0) is 24.1 Å². The van der Waals surface area contributed by atoms with Crippen molar-refractivity contribution in [2.75, 3.05) is 5.32 Å². The highest BCUT2D eigenvalue weighted by Crippen LogP contribution is 2.13. The molecule has 0 bridgehead atoms. The van der Waals surface area contributed by atoms with E-state index < -0.39 is 5.97 Å². The number of anilines is 1. The summed E-state index contributed by atoms with van der Waals surface area (Å²) in [5.41, 5.74) is 1.37. The van der Waals surface area contributed by atoms with Crippen LogP contribution in [-0.2, 0) is 16.0 Å². The number of carboxylic acids is 1. The highest BCUT2D eigenvalue weighted by atomic mass is 16.4. The molecule has 0 atom stereocenters. The van der Waals surface area contributed by atoms with Crippen LogP contribution in [0.4, 0.5) is 5.69 Å². The normalized spacial score (nSPS) is 10.3. The van der Waals surface area contributed by atoms with Crippen LogP contribution in [0.3, 0.4) is 0 Å². The maximum absolute atomic E-state index is 11.8. The number of rotatable bonds is 10. The summed E-state index contributed by atoms with van der Waals surface area (Å²) in [6, 6.07) is 7.01. The van der Waals surface area contributed by atoms with Gasteiger partial charge in [0.1, 0.15) is 0 Å². The van der Waals surface area contributed by atoms with Crippen LogP contribution in [0.2, 0.25) is 0 Å². The van der Waals surface area contributed by atoms with Crippen molar-refractivity contribution in [2.45, 2.75) is 58.3 Å². The number of hydrogen-bond donors (Lipinski definition) is 2. The van der Waals surface area contributed by atoms with E-state index in [1.807, 2.05) is 0 Å². The van der Waals surface area contributed by atoms with Gasteiger partial charge in [-0.3, -0.25) is 9.59 Å². The monoisotopic (exact) mass is 291 g/mol. The van der Waals surface area contributed by atoms with Crippen molar-refractivity contribution in [1.29, 1.82) is 0 Å². The topological polar surface area (TPSA) is 66.4 Å². The second-order valence-corrected chi connectivity index (χ2v) is 5.34. The number of amides is 1. The molecule has 1 aromatic rings. The lowest BCUT2D eigenvalue weighted by molar-refractivity contribution is -0.136. The fourth-order valence-corrected chi connectivity index (χ4v) is 2.22. The van der Waals surface area contributed by atoms with Gasteiger partial charge < -0.3 is 10.4 Å². The van der Waals surface area contributed by atoms with Crippen LogP contribution in [0.15, 0.2) is 24.3 Å². The van der Waals surface area contributed by atoms with Crippen LogP contribution in [0.5, 0.6) is 0 Å². The van der Waals surface area contributed by atoms with Gasteiger partial charge in [0.2, 0.25) is 5.91 Å². The highest BCUT2D eigenvalue weighted by Gasteiger charge is 2.05. The number of benzene rings is 1. The molecule has 0 aromatic heterocycles. The molecule has 4 nitrogen and oxygen atoms in total. The zero-order valence-electron chi connectivity index (χ0n) is 12.7. The first-order chi connectivity index (χ1) is 10.1. The third-order valence-corrected chi connectivity index (χ3v) is 3.32. The van der Waals surface area contributed by atoms with Crippen molar-refractivity contribution in [2.24, 2.45) is 0 Å². The zero-order chi connectivity index (χ0) is 15.5. The minimum absolute atomic E-state index is 0.00188. The van der Waals surface area contributed by atoms with Gasteiger partial charge in [0.25, 0.3) is 0 Å². The molecule has 0 heterocycles. The van der Waals surface area contributed by atoms with Gasteiger partial charge >= 0.3 is 5.97 Å². The van der Waals surface area contributed by atoms with Crippen molar-refractivity contribution in [3.8, 4) is 0 Å².